The molecule has 0 aliphatic heterocycles. The van der Waals surface area contributed by atoms with Gasteiger partial charge < -0.3 is 9.14 Å². The van der Waals surface area contributed by atoms with Crippen LogP contribution in [-0.2, 0) is 16.4 Å². The van der Waals surface area contributed by atoms with Crippen LogP contribution >= 0.6 is 23.2 Å². The monoisotopic (exact) mass is 399 g/mol. The number of methoxy groups -OCH3 is 1. The number of ether oxygens (including phenoxy) is 1. The fourth-order valence-electron chi connectivity index (χ4n) is 2.36. The zero-order valence-corrected chi connectivity index (χ0v) is 15.6. The van der Waals surface area contributed by atoms with Gasteiger partial charge in [-0.05, 0) is 30.3 Å². The van der Waals surface area contributed by atoms with Gasteiger partial charge in [-0.2, -0.15) is 0 Å². The fraction of sp³-hybridized carbons (Fsp3) is 0.188. The lowest BCUT2D eigenvalue weighted by atomic mass is 10.3. The molecule has 132 valence electrons. The molecule has 2 aromatic heterocycles. The van der Waals surface area contributed by atoms with Gasteiger partial charge in [0.1, 0.15) is 0 Å². The number of imidazole rings is 1. The van der Waals surface area contributed by atoms with Crippen molar-refractivity contribution < 1.29 is 13.2 Å². The molecule has 3 aromatic rings. The van der Waals surface area contributed by atoms with Crippen LogP contribution in [0.5, 0.6) is 5.75 Å². The topological polar surface area (TPSA) is 72.7 Å². The van der Waals surface area contributed by atoms with Gasteiger partial charge in [0.15, 0.2) is 11.4 Å². The molecule has 9 heteroatoms. The average molecular weight is 400 g/mol. The fourth-order valence-corrected chi connectivity index (χ4v) is 3.78. The Kier molecular flexibility index (Phi) is 5.19. The van der Waals surface area contributed by atoms with E-state index in [1.54, 1.807) is 7.11 Å². The van der Waals surface area contributed by atoms with E-state index in [4.69, 9.17) is 27.9 Å². The Hall–Kier alpha value is -1.80. The van der Waals surface area contributed by atoms with Crippen LogP contribution in [0, 0.1) is 0 Å². The van der Waals surface area contributed by atoms with Gasteiger partial charge >= 0.3 is 0 Å². The number of benzene rings is 1. The van der Waals surface area contributed by atoms with Crippen molar-refractivity contribution in [3.63, 3.8) is 0 Å². The predicted octanol–water partition coefficient (Wildman–Crippen LogP) is 3.17. The van der Waals surface area contributed by atoms with Crippen molar-refractivity contribution in [2.24, 2.45) is 0 Å². The van der Waals surface area contributed by atoms with E-state index >= 15 is 0 Å². The second-order valence-electron chi connectivity index (χ2n) is 5.26. The van der Waals surface area contributed by atoms with Crippen LogP contribution < -0.4 is 9.46 Å². The largest absolute Gasteiger partial charge is 0.493 e. The van der Waals surface area contributed by atoms with Gasteiger partial charge in [0.05, 0.1) is 27.7 Å². The lowest BCUT2D eigenvalue weighted by molar-refractivity contribution is 0.417. The second-order valence-corrected chi connectivity index (χ2v) is 7.84. The summed E-state index contributed by atoms with van der Waals surface area (Å²) >= 11 is 11.7. The first-order chi connectivity index (χ1) is 11.9. The first kappa shape index (κ1) is 18.0. The third-order valence-electron chi connectivity index (χ3n) is 3.59. The SMILES string of the molecule is COc1cccn2cc(CCNS(=O)(=O)c3ccc(Cl)c(Cl)c3)nc12. The minimum Gasteiger partial charge on any atom is -0.493 e. The van der Waals surface area contributed by atoms with E-state index in [0.717, 1.165) is 5.69 Å². The minimum absolute atomic E-state index is 0.0681. The molecular weight excluding hydrogens is 385 g/mol. The Morgan fingerprint density at radius 1 is 1.24 bits per heavy atom. The van der Waals surface area contributed by atoms with Crippen LogP contribution in [0.25, 0.3) is 5.65 Å². The highest BCUT2D eigenvalue weighted by atomic mass is 35.5. The number of pyridine rings is 1. The molecule has 25 heavy (non-hydrogen) atoms. The smallest absolute Gasteiger partial charge is 0.240 e. The number of halogens is 2. The summed E-state index contributed by atoms with van der Waals surface area (Å²) in [6.45, 7) is 0.203. The molecule has 0 bridgehead atoms. The van der Waals surface area contributed by atoms with Crippen LogP contribution in [0.1, 0.15) is 5.69 Å². The van der Waals surface area contributed by atoms with E-state index in [0.29, 0.717) is 22.8 Å². The number of hydrogen-bond acceptors (Lipinski definition) is 4. The zero-order chi connectivity index (χ0) is 18.0. The molecule has 0 unspecified atom stereocenters. The van der Waals surface area contributed by atoms with Crippen molar-refractivity contribution in [2.75, 3.05) is 13.7 Å². The molecule has 0 fully saturated rings. The summed E-state index contributed by atoms with van der Waals surface area (Å²) in [5.41, 5.74) is 1.44. The molecule has 1 aromatic carbocycles. The molecule has 0 aliphatic rings. The molecule has 0 saturated carbocycles. The lowest BCUT2D eigenvalue weighted by Crippen LogP contribution is -2.26. The van der Waals surface area contributed by atoms with Gasteiger partial charge in [0.25, 0.3) is 0 Å². The zero-order valence-electron chi connectivity index (χ0n) is 13.2. The van der Waals surface area contributed by atoms with Crippen molar-refractivity contribution in [1.29, 1.82) is 0 Å². The number of nitrogens with zero attached hydrogens (tertiary/aromatic N) is 2. The van der Waals surface area contributed by atoms with Crippen LogP contribution in [0.3, 0.4) is 0 Å². The summed E-state index contributed by atoms with van der Waals surface area (Å²) in [6, 6.07) is 7.85. The highest BCUT2D eigenvalue weighted by molar-refractivity contribution is 7.89. The van der Waals surface area contributed by atoms with E-state index in [9.17, 15) is 8.42 Å². The Balaban J connectivity index is 1.70. The number of hydrogen-bond donors (Lipinski definition) is 1. The van der Waals surface area contributed by atoms with Gasteiger partial charge in [-0.15, -0.1) is 0 Å². The number of fused-ring (bicyclic) bond motifs is 1. The van der Waals surface area contributed by atoms with Crippen LogP contribution in [0.2, 0.25) is 10.0 Å². The van der Waals surface area contributed by atoms with Gasteiger partial charge in [0, 0.05) is 25.4 Å². The van der Waals surface area contributed by atoms with Gasteiger partial charge in [-0.3, -0.25) is 0 Å². The van der Waals surface area contributed by atoms with Gasteiger partial charge in [0.2, 0.25) is 10.0 Å². The predicted molar refractivity (Wildman–Crippen MR) is 97.1 cm³/mol. The van der Waals surface area contributed by atoms with Crippen LogP contribution in [0.15, 0.2) is 47.6 Å². The maximum Gasteiger partial charge on any atom is 0.240 e. The first-order valence-electron chi connectivity index (χ1n) is 7.36. The van der Waals surface area contributed by atoms with Gasteiger partial charge in [-0.1, -0.05) is 23.2 Å². The molecule has 2 heterocycles. The summed E-state index contributed by atoms with van der Waals surface area (Å²) in [7, 11) is -2.09. The molecule has 3 rings (SSSR count). The Labute approximate surface area is 155 Å². The number of aromatic nitrogens is 2. The molecule has 0 aliphatic carbocycles. The summed E-state index contributed by atoms with van der Waals surface area (Å²) in [4.78, 5) is 4.53. The maximum atomic E-state index is 12.3. The summed E-state index contributed by atoms with van der Waals surface area (Å²) in [5.74, 6) is 0.658. The molecule has 0 amide bonds. The van der Waals surface area contributed by atoms with E-state index in [1.807, 2.05) is 28.9 Å². The molecule has 6 nitrogen and oxygen atoms in total. The van der Waals surface area contributed by atoms with Gasteiger partial charge in [-0.25, -0.2) is 18.1 Å². The normalized spacial score (nSPS) is 11.8. The molecule has 0 spiro atoms. The molecular formula is C16H15Cl2N3O3S. The van der Waals surface area contributed by atoms with E-state index in [2.05, 4.69) is 9.71 Å². The molecule has 0 saturated heterocycles. The van der Waals surface area contributed by atoms with Crippen molar-refractivity contribution in [1.82, 2.24) is 14.1 Å². The maximum absolute atomic E-state index is 12.3. The van der Waals surface area contributed by atoms with Crippen molar-refractivity contribution >= 4 is 38.9 Å². The van der Waals surface area contributed by atoms with E-state index in [1.165, 1.54) is 18.2 Å². The third-order valence-corrected chi connectivity index (χ3v) is 5.79. The van der Waals surface area contributed by atoms with Crippen molar-refractivity contribution in [2.45, 2.75) is 11.3 Å². The third kappa shape index (κ3) is 3.90. The standard InChI is InChI=1S/C16H15Cl2N3O3S/c1-24-15-3-2-8-21-10-11(20-16(15)21)6-7-19-25(22,23)12-4-5-13(17)14(18)9-12/h2-5,8-10,19H,6-7H2,1H3. The van der Waals surface area contributed by atoms with E-state index in [-0.39, 0.29) is 16.5 Å². The highest BCUT2D eigenvalue weighted by Gasteiger charge is 2.15. The highest BCUT2D eigenvalue weighted by Crippen LogP contribution is 2.24. The Morgan fingerprint density at radius 3 is 2.76 bits per heavy atom. The van der Waals surface area contributed by atoms with Crippen LogP contribution in [0.4, 0.5) is 0 Å². The minimum atomic E-state index is -3.66. The van der Waals surface area contributed by atoms with Crippen molar-refractivity contribution in [3.8, 4) is 5.75 Å². The number of rotatable bonds is 6. The van der Waals surface area contributed by atoms with E-state index < -0.39 is 10.0 Å². The first-order valence-corrected chi connectivity index (χ1v) is 9.60. The lowest BCUT2D eigenvalue weighted by Gasteiger charge is -2.06. The summed E-state index contributed by atoms with van der Waals surface area (Å²) in [6.07, 6.45) is 4.13. The Morgan fingerprint density at radius 2 is 2.04 bits per heavy atom. The Bertz CT molecular complexity index is 1020. The molecule has 0 radical (unpaired) electrons. The van der Waals surface area contributed by atoms with Crippen LogP contribution in [-0.4, -0.2) is 31.5 Å². The average Bonchev–Trinajstić information content (AvgIpc) is 2.99. The summed E-state index contributed by atoms with van der Waals surface area (Å²) < 4.78 is 34.2. The molecule has 1 N–H and O–H groups in total. The van der Waals surface area contributed by atoms with Crippen molar-refractivity contribution in [3.05, 3.63) is 58.5 Å². The quantitative estimate of drug-likeness (QED) is 0.690. The number of sulfonamides is 1. The summed E-state index contributed by atoms with van der Waals surface area (Å²) in [5, 5.41) is 0.497. The molecule has 0 atom stereocenters. The number of nitrogens with one attached hydrogen (secondary N) is 1. The second kappa shape index (κ2) is 7.21.